The highest BCUT2D eigenvalue weighted by atomic mass is 16.7. The van der Waals surface area contributed by atoms with E-state index in [-0.39, 0.29) is 17.3 Å². The summed E-state index contributed by atoms with van der Waals surface area (Å²) in [5.74, 6) is 0.339. The molecule has 0 saturated carbocycles. The molecule has 1 aromatic carbocycles. The average molecular weight is 398 g/mol. The molecular weight excluding hydrogens is 368 g/mol. The standard InChI is InChI=1S/C24H30O5/c1-24(2)12-10-18(20-11-13-28-16-21(20)24)14-19(15-22(26-3)27-4)29-23(25)17-8-6-5-7-9-17/h5-9,11,13-14,18,22H,10,12,15-16H2,1-4H3. The number of hydrogen-bond acceptors (Lipinski definition) is 5. The Morgan fingerprint density at radius 1 is 1.24 bits per heavy atom. The SMILES string of the molecule is COC(CC(=CC1CCC(C)(C)C2=C1C=COC2)OC(=O)c1ccccc1)OC. The molecule has 0 spiro atoms. The second-order valence-corrected chi connectivity index (χ2v) is 8.07. The summed E-state index contributed by atoms with van der Waals surface area (Å²) in [7, 11) is 3.16. The number of carbonyl (C=O) groups excluding carboxylic acids is 1. The molecule has 29 heavy (non-hydrogen) atoms. The lowest BCUT2D eigenvalue weighted by Crippen LogP contribution is -2.29. The summed E-state index contributed by atoms with van der Waals surface area (Å²) >= 11 is 0. The van der Waals surface area contributed by atoms with E-state index in [0.717, 1.165) is 12.8 Å². The van der Waals surface area contributed by atoms with Gasteiger partial charge in [0.15, 0.2) is 6.29 Å². The highest BCUT2D eigenvalue weighted by Gasteiger charge is 2.35. The molecular formula is C24H30O5. The highest BCUT2D eigenvalue weighted by Crippen LogP contribution is 2.45. The number of esters is 1. The van der Waals surface area contributed by atoms with Crippen molar-refractivity contribution in [1.82, 2.24) is 0 Å². The van der Waals surface area contributed by atoms with Crippen molar-refractivity contribution in [3.8, 4) is 0 Å². The quantitative estimate of drug-likeness (QED) is 0.367. The first kappa shape index (κ1) is 21.3. The minimum atomic E-state index is -0.483. The lowest BCUT2D eigenvalue weighted by molar-refractivity contribution is -0.105. The van der Waals surface area contributed by atoms with Crippen LogP contribution < -0.4 is 0 Å². The van der Waals surface area contributed by atoms with Crippen LogP contribution >= 0.6 is 0 Å². The van der Waals surface area contributed by atoms with Gasteiger partial charge in [0.1, 0.15) is 12.4 Å². The van der Waals surface area contributed by atoms with Gasteiger partial charge in [0.05, 0.1) is 18.2 Å². The zero-order valence-corrected chi connectivity index (χ0v) is 17.6. The molecule has 0 bridgehead atoms. The number of methoxy groups -OCH3 is 2. The molecule has 1 atom stereocenters. The van der Waals surface area contributed by atoms with Gasteiger partial charge in [-0.2, -0.15) is 0 Å². The lowest BCUT2D eigenvalue weighted by Gasteiger charge is -2.39. The molecule has 1 aliphatic carbocycles. The lowest BCUT2D eigenvalue weighted by atomic mass is 9.68. The second kappa shape index (κ2) is 9.42. The van der Waals surface area contributed by atoms with Crippen LogP contribution in [-0.2, 0) is 18.9 Å². The molecule has 0 fully saturated rings. The van der Waals surface area contributed by atoms with Gasteiger partial charge in [-0.3, -0.25) is 0 Å². The van der Waals surface area contributed by atoms with E-state index < -0.39 is 6.29 Å². The maximum atomic E-state index is 12.7. The third kappa shape index (κ3) is 5.17. The fraction of sp³-hybridized carbons (Fsp3) is 0.458. The van der Waals surface area contributed by atoms with Gasteiger partial charge >= 0.3 is 5.97 Å². The Morgan fingerprint density at radius 3 is 2.66 bits per heavy atom. The summed E-state index contributed by atoms with van der Waals surface area (Å²) in [6.07, 6.45) is 7.74. The van der Waals surface area contributed by atoms with Crippen LogP contribution in [0.1, 0.15) is 43.5 Å². The predicted molar refractivity (Wildman–Crippen MR) is 111 cm³/mol. The minimum Gasteiger partial charge on any atom is -0.497 e. The van der Waals surface area contributed by atoms with Crippen molar-refractivity contribution in [2.75, 3.05) is 20.8 Å². The van der Waals surface area contributed by atoms with Gasteiger partial charge in [0.2, 0.25) is 0 Å². The fourth-order valence-corrected chi connectivity index (χ4v) is 3.91. The smallest absolute Gasteiger partial charge is 0.343 e. The summed E-state index contributed by atoms with van der Waals surface area (Å²) in [6.45, 7) is 5.13. The molecule has 1 heterocycles. The minimum absolute atomic E-state index is 0.104. The summed E-state index contributed by atoms with van der Waals surface area (Å²) < 4.78 is 22.0. The zero-order valence-electron chi connectivity index (χ0n) is 17.6. The largest absolute Gasteiger partial charge is 0.497 e. The Kier molecular flexibility index (Phi) is 6.93. The topological polar surface area (TPSA) is 54.0 Å². The average Bonchev–Trinajstić information content (AvgIpc) is 2.74. The van der Waals surface area contributed by atoms with E-state index in [0.29, 0.717) is 24.4 Å². The Labute approximate surface area is 173 Å². The Hall–Kier alpha value is -2.37. The van der Waals surface area contributed by atoms with Crippen molar-refractivity contribution in [3.63, 3.8) is 0 Å². The van der Waals surface area contributed by atoms with Crippen molar-refractivity contribution in [3.05, 3.63) is 71.2 Å². The molecule has 5 heteroatoms. The number of ether oxygens (including phenoxy) is 4. The molecule has 3 rings (SSSR count). The molecule has 0 saturated heterocycles. The summed E-state index contributed by atoms with van der Waals surface area (Å²) in [5.41, 5.74) is 3.19. The van der Waals surface area contributed by atoms with Crippen LogP contribution in [0.4, 0.5) is 0 Å². The first-order valence-corrected chi connectivity index (χ1v) is 10.00. The van der Waals surface area contributed by atoms with Crippen LogP contribution in [0.15, 0.2) is 65.7 Å². The molecule has 1 aliphatic heterocycles. The fourth-order valence-electron chi connectivity index (χ4n) is 3.91. The maximum Gasteiger partial charge on any atom is 0.343 e. The van der Waals surface area contributed by atoms with Crippen LogP contribution in [0.25, 0.3) is 0 Å². The van der Waals surface area contributed by atoms with Crippen LogP contribution in [0.5, 0.6) is 0 Å². The molecule has 1 aromatic rings. The van der Waals surface area contributed by atoms with E-state index >= 15 is 0 Å². The normalized spacial score (nSPS) is 21.0. The molecule has 156 valence electrons. The molecule has 5 nitrogen and oxygen atoms in total. The molecule has 0 N–H and O–H groups in total. The third-order valence-corrected chi connectivity index (χ3v) is 5.73. The van der Waals surface area contributed by atoms with Crippen LogP contribution in [0.2, 0.25) is 0 Å². The van der Waals surface area contributed by atoms with Gasteiger partial charge in [0, 0.05) is 20.1 Å². The van der Waals surface area contributed by atoms with E-state index in [9.17, 15) is 4.79 Å². The number of benzene rings is 1. The molecule has 1 unspecified atom stereocenters. The molecule has 0 radical (unpaired) electrons. The van der Waals surface area contributed by atoms with Crippen LogP contribution in [-0.4, -0.2) is 33.1 Å². The summed E-state index contributed by atoms with van der Waals surface area (Å²) in [6, 6.07) is 9.00. The van der Waals surface area contributed by atoms with E-state index in [4.69, 9.17) is 18.9 Å². The number of rotatable bonds is 7. The van der Waals surface area contributed by atoms with E-state index in [1.165, 1.54) is 11.1 Å². The Bertz CT molecular complexity index is 800. The first-order valence-electron chi connectivity index (χ1n) is 10.00. The number of hydrogen-bond donors (Lipinski definition) is 0. The van der Waals surface area contributed by atoms with Crippen molar-refractivity contribution in [1.29, 1.82) is 0 Å². The van der Waals surface area contributed by atoms with E-state index in [2.05, 4.69) is 13.8 Å². The molecule has 0 aromatic heterocycles. The van der Waals surface area contributed by atoms with Crippen molar-refractivity contribution < 1.29 is 23.7 Å². The van der Waals surface area contributed by atoms with Gasteiger partial charge in [0.25, 0.3) is 0 Å². The Balaban J connectivity index is 1.89. The van der Waals surface area contributed by atoms with Crippen molar-refractivity contribution >= 4 is 5.97 Å². The summed E-state index contributed by atoms with van der Waals surface area (Å²) in [4.78, 5) is 12.7. The van der Waals surface area contributed by atoms with Crippen LogP contribution in [0.3, 0.4) is 0 Å². The predicted octanol–water partition coefficient (Wildman–Crippen LogP) is 5.01. The maximum absolute atomic E-state index is 12.7. The Morgan fingerprint density at radius 2 is 1.97 bits per heavy atom. The molecule has 0 amide bonds. The molecule has 2 aliphatic rings. The van der Waals surface area contributed by atoms with Crippen molar-refractivity contribution in [2.24, 2.45) is 11.3 Å². The van der Waals surface area contributed by atoms with Gasteiger partial charge in [-0.05, 0) is 53.7 Å². The van der Waals surface area contributed by atoms with E-state index in [1.54, 1.807) is 32.6 Å². The van der Waals surface area contributed by atoms with Crippen molar-refractivity contribution in [2.45, 2.75) is 39.4 Å². The van der Waals surface area contributed by atoms with Gasteiger partial charge in [-0.1, -0.05) is 32.0 Å². The van der Waals surface area contributed by atoms with Crippen LogP contribution in [0, 0.1) is 11.3 Å². The number of carbonyl (C=O) groups is 1. The third-order valence-electron chi connectivity index (χ3n) is 5.73. The summed E-state index contributed by atoms with van der Waals surface area (Å²) in [5, 5.41) is 0. The first-order chi connectivity index (χ1) is 13.9. The monoisotopic (exact) mass is 398 g/mol. The van der Waals surface area contributed by atoms with Gasteiger partial charge < -0.3 is 18.9 Å². The highest BCUT2D eigenvalue weighted by molar-refractivity contribution is 5.90. The van der Waals surface area contributed by atoms with E-state index in [1.807, 2.05) is 30.4 Å². The van der Waals surface area contributed by atoms with Gasteiger partial charge in [-0.25, -0.2) is 4.79 Å². The number of allylic oxidation sites excluding steroid dienone is 3. The van der Waals surface area contributed by atoms with Gasteiger partial charge in [-0.15, -0.1) is 0 Å². The zero-order chi connectivity index (χ0) is 20.9. The second-order valence-electron chi connectivity index (χ2n) is 8.07.